The molecule has 8 heteroatoms. The van der Waals surface area contributed by atoms with E-state index >= 15 is 0 Å². The maximum atomic E-state index is 12.6. The molecule has 1 aliphatic heterocycles. The molecule has 3 aromatic rings. The van der Waals surface area contributed by atoms with Crippen molar-refractivity contribution in [2.24, 2.45) is 0 Å². The van der Waals surface area contributed by atoms with E-state index in [4.69, 9.17) is 4.74 Å². The number of sulfone groups is 1. The monoisotopic (exact) mass is 399 g/mol. The van der Waals surface area contributed by atoms with Crippen molar-refractivity contribution in [1.29, 1.82) is 0 Å². The summed E-state index contributed by atoms with van der Waals surface area (Å²) in [4.78, 5) is 19.7. The molecule has 2 aromatic heterocycles. The van der Waals surface area contributed by atoms with Gasteiger partial charge >= 0.3 is 0 Å². The van der Waals surface area contributed by atoms with E-state index in [1.54, 1.807) is 48.8 Å². The molecule has 4 rings (SSSR count). The number of amides is 1. The molecular weight excluding hydrogens is 378 g/mol. The maximum Gasteiger partial charge on any atom is 0.267 e. The van der Waals surface area contributed by atoms with Crippen molar-refractivity contribution in [3.63, 3.8) is 0 Å². The molecule has 0 aliphatic carbocycles. The number of nitrogens with one attached hydrogen (secondary N) is 2. The number of aromatic nitrogens is 2. The summed E-state index contributed by atoms with van der Waals surface area (Å²) in [6.45, 7) is 0.782. The van der Waals surface area contributed by atoms with Crippen LogP contribution in [0.15, 0.2) is 53.7 Å². The second-order valence-corrected chi connectivity index (χ2v) is 8.90. The molecule has 1 saturated heterocycles. The second-order valence-electron chi connectivity index (χ2n) is 6.81. The maximum absolute atomic E-state index is 12.6. The molecule has 2 N–H and O–H groups in total. The molecule has 0 bridgehead atoms. The van der Waals surface area contributed by atoms with Crippen LogP contribution in [-0.2, 0) is 21.1 Å². The lowest BCUT2D eigenvalue weighted by Gasteiger charge is -2.22. The van der Waals surface area contributed by atoms with Gasteiger partial charge in [-0.15, -0.1) is 0 Å². The summed E-state index contributed by atoms with van der Waals surface area (Å²) in [6.07, 6.45) is 5.64. The minimum Gasteiger partial charge on any atom is -0.362 e. The Morgan fingerprint density at radius 2 is 2.04 bits per heavy atom. The third-order valence-corrected chi connectivity index (χ3v) is 6.85. The zero-order valence-corrected chi connectivity index (χ0v) is 16.0. The fraction of sp³-hybridized carbons (Fsp3) is 0.300. The molecule has 3 heterocycles. The van der Waals surface area contributed by atoms with Gasteiger partial charge in [0.05, 0.1) is 4.90 Å². The van der Waals surface area contributed by atoms with Gasteiger partial charge < -0.3 is 15.0 Å². The lowest BCUT2D eigenvalue weighted by Crippen LogP contribution is -2.28. The van der Waals surface area contributed by atoms with Crippen LogP contribution >= 0.6 is 0 Å². The minimum atomic E-state index is -3.49. The largest absolute Gasteiger partial charge is 0.362 e. The highest BCUT2D eigenvalue weighted by Gasteiger charge is 2.29. The van der Waals surface area contributed by atoms with E-state index in [0.29, 0.717) is 25.3 Å². The Balaban J connectivity index is 1.41. The Morgan fingerprint density at radius 1 is 1.21 bits per heavy atom. The summed E-state index contributed by atoms with van der Waals surface area (Å²) in [5, 5.41) is 3.70. The molecule has 1 fully saturated rings. The van der Waals surface area contributed by atoms with Crippen LogP contribution in [0.2, 0.25) is 0 Å². The van der Waals surface area contributed by atoms with E-state index in [1.807, 2.05) is 0 Å². The predicted octanol–water partition coefficient (Wildman–Crippen LogP) is 2.79. The number of rotatable bonds is 5. The van der Waals surface area contributed by atoms with Gasteiger partial charge in [-0.3, -0.25) is 9.78 Å². The first-order valence-electron chi connectivity index (χ1n) is 9.19. The Labute approximate surface area is 163 Å². The number of pyridine rings is 1. The van der Waals surface area contributed by atoms with Crippen molar-refractivity contribution < 1.29 is 17.9 Å². The summed E-state index contributed by atoms with van der Waals surface area (Å²) in [6, 6.07) is 10.1. The molecule has 1 amide bonds. The Kier molecular flexibility index (Phi) is 5.15. The highest BCUT2D eigenvalue weighted by molar-refractivity contribution is 7.91. The molecule has 1 aliphatic rings. The van der Waals surface area contributed by atoms with E-state index in [1.165, 1.54) is 0 Å². The zero-order valence-electron chi connectivity index (χ0n) is 15.2. The topological polar surface area (TPSA) is 101 Å². The molecule has 0 saturated carbocycles. The van der Waals surface area contributed by atoms with Crippen molar-refractivity contribution in [2.45, 2.75) is 36.1 Å². The van der Waals surface area contributed by atoms with Gasteiger partial charge in [0, 0.05) is 36.4 Å². The van der Waals surface area contributed by atoms with Gasteiger partial charge in [-0.1, -0.05) is 12.1 Å². The predicted molar refractivity (Wildman–Crippen MR) is 104 cm³/mol. The van der Waals surface area contributed by atoms with Crippen LogP contribution < -0.4 is 5.32 Å². The smallest absolute Gasteiger partial charge is 0.267 e. The summed E-state index contributed by atoms with van der Waals surface area (Å²) in [5.74, 6) is -0.233. The van der Waals surface area contributed by atoms with Crippen LogP contribution in [0.1, 0.15) is 35.3 Å². The van der Waals surface area contributed by atoms with Crippen molar-refractivity contribution >= 4 is 26.6 Å². The van der Waals surface area contributed by atoms with Gasteiger partial charge in [-0.2, -0.15) is 0 Å². The number of benzene rings is 1. The van der Waals surface area contributed by atoms with Crippen molar-refractivity contribution in [3.8, 4) is 0 Å². The number of hydrogen-bond donors (Lipinski definition) is 2. The number of carbonyl (C=O) groups is 1. The molecule has 7 nitrogen and oxygen atoms in total. The fourth-order valence-electron chi connectivity index (χ4n) is 3.28. The number of H-pyrrole nitrogens is 1. The quantitative estimate of drug-likeness (QED) is 0.687. The van der Waals surface area contributed by atoms with E-state index in [2.05, 4.69) is 15.3 Å². The first kappa shape index (κ1) is 18.6. The van der Waals surface area contributed by atoms with E-state index in [0.717, 1.165) is 29.3 Å². The Bertz CT molecular complexity index is 1050. The van der Waals surface area contributed by atoms with Gasteiger partial charge in [0.1, 0.15) is 5.69 Å². The Morgan fingerprint density at radius 3 is 2.75 bits per heavy atom. The van der Waals surface area contributed by atoms with Gasteiger partial charge in [-0.25, -0.2) is 8.42 Å². The third kappa shape index (κ3) is 3.79. The van der Waals surface area contributed by atoms with Gasteiger partial charge in [0.15, 0.2) is 5.44 Å². The summed E-state index contributed by atoms with van der Waals surface area (Å²) < 4.78 is 30.7. The number of aromatic amines is 1. The molecule has 0 spiro atoms. The van der Waals surface area contributed by atoms with Crippen LogP contribution in [-0.4, -0.2) is 36.3 Å². The SMILES string of the molecule is O=C(NCc1ccc(S(=O)(=O)C2CCCCO2)cc1)c1cc2cnccc2[nH]1. The number of carbonyl (C=O) groups excluding carboxylic acids is 1. The summed E-state index contributed by atoms with van der Waals surface area (Å²) >= 11 is 0. The van der Waals surface area contributed by atoms with Crippen LogP contribution in [0.25, 0.3) is 10.9 Å². The van der Waals surface area contributed by atoms with Gasteiger partial charge in [-0.05, 0) is 49.1 Å². The summed E-state index contributed by atoms with van der Waals surface area (Å²) in [5.41, 5.74) is 1.36. The molecule has 1 aromatic carbocycles. The molecule has 0 radical (unpaired) electrons. The molecule has 1 unspecified atom stereocenters. The summed E-state index contributed by atoms with van der Waals surface area (Å²) in [7, 11) is -3.49. The first-order chi connectivity index (χ1) is 13.5. The van der Waals surface area contributed by atoms with Crippen LogP contribution in [0.3, 0.4) is 0 Å². The molecule has 28 heavy (non-hydrogen) atoms. The molecule has 1 atom stereocenters. The minimum absolute atomic E-state index is 0.233. The van der Waals surface area contributed by atoms with Crippen LogP contribution in [0.5, 0.6) is 0 Å². The number of fused-ring (bicyclic) bond motifs is 1. The van der Waals surface area contributed by atoms with Crippen molar-refractivity contribution in [3.05, 3.63) is 60.0 Å². The highest BCUT2D eigenvalue weighted by Crippen LogP contribution is 2.24. The lowest BCUT2D eigenvalue weighted by atomic mass is 10.2. The standard InChI is InChI=1S/C20H21N3O4S/c24-20(18-11-15-13-21-9-8-17(15)23-18)22-12-14-4-6-16(7-5-14)28(25,26)19-3-1-2-10-27-19/h4-9,11,13,19,23H,1-3,10,12H2,(H,22,24). The number of nitrogens with zero attached hydrogens (tertiary/aromatic N) is 1. The normalized spacial score (nSPS) is 17.5. The van der Waals surface area contributed by atoms with Gasteiger partial charge in [0.25, 0.3) is 5.91 Å². The van der Waals surface area contributed by atoms with Crippen molar-refractivity contribution in [2.75, 3.05) is 6.61 Å². The van der Waals surface area contributed by atoms with Gasteiger partial charge in [0.2, 0.25) is 9.84 Å². The van der Waals surface area contributed by atoms with E-state index < -0.39 is 15.3 Å². The number of hydrogen-bond acceptors (Lipinski definition) is 5. The highest BCUT2D eigenvalue weighted by atomic mass is 32.2. The Hall–Kier alpha value is -2.71. The number of ether oxygens (including phenoxy) is 1. The van der Waals surface area contributed by atoms with Crippen molar-refractivity contribution in [1.82, 2.24) is 15.3 Å². The lowest BCUT2D eigenvalue weighted by molar-refractivity contribution is 0.0661. The van der Waals surface area contributed by atoms with E-state index in [-0.39, 0.29) is 10.8 Å². The second kappa shape index (κ2) is 7.73. The molecular formula is C20H21N3O4S. The zero-order chi connectivity index (χ0) is 19.6. The molecule has 146 valence electrons. The fourth-order valence-corrected chi connectivity index (χ4v) is 4.85. The average Bonchev–Trinajstić information content (AvgIpc) is 3.17. The average molecular weight is 399 g/mol. The van der Waals surface area contributed by atoms with Crippen LogP contribution in [0.4, 0.5) is 0 Å². The van der Waals surface area contributed by atoms with Crippen LogP contribution in [0, 0.1) is 0 Å². The van der Waals surface area contributed by atoms with E-state index in [9.17, 15) is 13.2 Å². The third-order valence-electron chi connectivity index (χ3n) is 4.85. The first-order valence-corrected chi connectivity index (χ1v) is 10.7.